The highest BCUT2D eigenvalue weighted by atomic mass is 16.6. The lowest BCUT2D eigenvalue weighted by atomic mass is 9.84. The molecule has 17 nitrogen and oxygen atoms in total. The van der Waals surface area contributed by atoms with Crippen molar-refractivity contribution in [3.8, 4) is 51.0 Å². The molecule has 4 amide bonds. The van der Waals surface area contributed by atoms with Crippen molar-refractivity contribution in [1.29, 1.82) is 0 Å². The molecule has 1 aliphatic carbocycles. The van der Waals surface area contributed by atoms with Gasteiger partial charge in [-0.1, -0.05) is 108 Å². The normalized spacial score (nSPS) is 18.3. The number of ether oxygens (including phenoxy) is 2. The molecule has 3 fully saturated rings. The van der Waals surface area contributed by atoms with E-state index in [2.05, 4.69) is 44.1 Å². The summed E-state index contributed by atoms with van der Waals surface area (Å²) in [4.78, 5) is 71.2. The number of aromatic amines is 2. The number of nitrogens with two attached hydrogens (primary N) is 1. The standard InChI is InChI=1S/C53H63N11O6/c1-31(2)44(59-53(68)69-5)50(65)62-27-9-13-42(62)46-55-29-40(57-46)35-15-19-37(20-16-35)48-60-61-49(64(48)39-25-23-34(24-26-39)33-11-7-6-8-12-33)38-21-17-36(18-22-38)41-30-56-47(58-41)43-14-10-28-63(43)51(66)45(32(3)4)70-52(54)67/h15-26,29-33,42-45H,6-14,27-28H2,1-5H3,(H2,54,67)(H,55,57)(H,56,58)(H,59,68)/t42-,43-,44-,45?/m0/s1. The van der Waals surface area contributed by atoms with Gasteiger partial charge in [0.1, 0.15) is 17.7 Å². The zero-order valence-electron chi connectivity index (χ0n) is 40.6. The highest BCUT2D eigenvalue weighted by Gasteiger charge is 2.39. The van der Waals surface area contributed by atoms with Crippen molar-refractivity contribution < 1.29 is 28.7 Å². The van der Waals surface area contributed by atoms with Crippen LogP contribution < -0.4 is 11.1 Å². The molecule has 5 heterocycles. The Bertz CT molecular complexity index is 2790. The van der Waals surface area contributed by atoms with E-state index >= 15 is 0 Å². The third-order valence-electron chi connectivity index (χ3n) is 14.2. The summed E-state index contributed by atoms with van der Waals surface area (Å²) in [6, 6.07) is 23.8. The van der Waals surface area contributed by atoms with E-state index in [0.717, 1.165) is 65.0 Å². The van der Waals surface area contributed by atoms with E-state index in [1.54, 1.807) is 4.90 Å². The number of alkyl carbamates (subject to hydrolysis) is 1. The summed E-state index contributed by atoms with van der Waals surface area (Å²) in [5, 5.41) is 12.3. The molecule has 3 aromatic heterocycles. The molecule has 0 bridgehead atoms. The van der Waals surface area contributed by atoms with Gasteiger partial charge in [0.15, 0.2) is 17.8 Å². The number of aromatic nitrogens is 7. The van der Waals surface area contributed by atoms with Crippen LogP contribution >= 0.6 is 0 Å². The zero-order valence-corrected chi connectivity index (χ0v) is 40.6. The van der Waals surface area contributed by atoms with Gasteiger partial charge in [0.25, 0.3) is 5.91 Å². The van der Waals surface area contributed by atoms with Gasteiger partial charge in [-0.25, -0.2) is 19.6 Å². The molecule has 4 atom stereocenters. The Hall–Kier alpha value is -7.30. The van der Waals surface area contributed by atoms with Crippen LogP contribution in [0.5, 0.6) is 0 Å². The molecule has 1 saturated carbocycles. The Balaban J connectivity index is 0.971. The molecular formula is C53H63N11O6. The number of benzene rings is 3. The quantitative estimate of drug-likeness (QED) is 0.0811. The molecule has 366 valence electrons. The van der Waals surface area contributed by atoms with Crippen LogP contribution in [0.3, 0.4) is 0 Å². The third kappa shape index (κ3) is 9.92. The first kappa shape index (κ1) is 47.8. The van der Waals surface area contributed by atoms with Crippen LogP contribution in [0.25, 0.3) is 51.0 Å². The molecule has 70 heavy (non-hydrogen) atoms. The van der Waals surface area contributed by atoms with Gasteiger partial charge >= 0.3 is 12.2 Å². The van der Waals surface area contributed by atoms with Gasteiger partial charge in [-0.15, -0.1) is 10.2 Å². The van der Waals surface area contributed by atoms with Crippen LogP contribution in [0.15, 0.2) is 85.2 Å². The molecule has 2 aliphatic heterocycles. The van der Waals surface area contributed by atoms with E-state index in [-0.39, 0.29) is 35.7 Å². The molecule has 0 radical (unpaired) electrons. The maximum absolute atomic E-state index is 13.8. The Labute approximate surface area is 408 Å². The van der Waals surface area contributed by atoms with E-state index in [0.29, 0.717) is 42.3 Å². The molecule has 2 saturated heterocycles. The van der Waals surface area contributed by atoms with Gasteiger partial charge in [0, 0.05) is 53.4 Å². The van der Waals surface area contributed by atoms with Gasteiger partial charge in [0.05, 0.1) is 30.6 Å². The van der Waals surface area contributed by atoms with E-state index in [4.69, 9.17) is 35.4 Å². The third-order valence-corrected chi connectivity index (χ3v) is 14.2. The molecule has 1 unspecified atom stereocenters. The Kier molecular flexibility index (Phi) is 14.1. The zero-order chi connectivity index (χ0) is 49.1. The van der Waals surface area contributed by atoms with Crippen LogP contribution in [0.1, 0.15) is 121 Å². The van der Waals surface area contributed by atoms with E-state index in [9.17, 15) is 19.2 Å². The monoisotopic (exact) mass is 949 g/mol. The highest BCUT2D eigenvalue weighted by molar-refractivity contribution is 5.86. The van der Waals surface area contributed by atoms with Crippen LogP contribution in [0.2, 0.25) is 0 Å². The maximum Gasteiger partial charge on any atom is 0.407 e. The fourth-order valence-electron chi connectivity index (χ4n) is 10.4. The van der Waals surface area contributed by atoms with Gasteiger partial charge < -0.3 is 40.3 Å². The minimum atomic E-state index is -0.970. The molecule has 3 aliphatic rings. The van der Waals surface area contributed by atoms with Crippen molar-refractivity contribution in [3.63, 3.8) is 0 Å². The topological polar surface area (TPSA) is 219 Å². The number of nitrogens with one attached hydrogen (secondary N) is 3. The first-order valence-electron chi connectivity index (χ1n) is 24.7. The number of hydrogen-bond donors (Lipinski definition) is 4. The lowest BCUT2D eigenvalue weighted by Gasteiger charge is -2.29. The Morgan fingerprint density at radius 1 is 0.643 bits per heavy atom. The van der Waals surface area contributed by atoms with E-state index in [1.807, 2.05) is 93.5 Å². The number of nitrogens with zero attached hydrogens (tertiary/aromatic N) is 7. The van der Waals surface area contributed by atoms with Gasteiger partial charge in [-0.3, -0.25) is 14.2 Å². The molecular weight excluding hydrogens is 887 g/mol. The fourth-order valence-corrected chi connectivity index (χ4v) is 10.4. The van der Waals surface area contributed by atoms with Crippen LogP contribution in [-0.2, 0) is 19.1 Å². The second-order valence-corrected chi connectivity index (χ2v) is 19.4. The molecule has 6 aromatic rings. The summed E-state index contributed by atoms with van der Waals surface area (Å²) in [6.07, 6.45) is 10.5. The van der Waals surface area contributed by atoms with Crippen molar-refractivity contribution in [2.45, 2.75) is 116 Å². The van der Waals surface area contributed by atoms with Crippen molar-refractivity contribution in [3.05, 3.63) is 102 Å². The average Bonchev–Trinajstić information content (AvgIpc) is 4.24. The van der Waals surface area contributed by atoms with Crippen molar-refractivity contribution in [2.75, 3.05) is 20.2 Å². The number of carbonyl (C=O) groups is 4. The Morgan fingerprint density at radius 2 is 1.14 bits per heavy atom. The summed E-state index contributed by atoms with van der Waals surface area (Å²) in [6.45, 7) is 8.57. The van der Waals surface area contributed by atoms with Crippen molar-refractivity contribution >= 4 is 24.0 Å². The second kappa shape index (κ2) is 20.7. The molecule has 0 spiro atoms. The van der Waals surface area contributed by atoms with Crippen LogP contribution in [0.4, 0.5) is 9.59 Å². The first-order chi connectivity index (χ1) is 33.9. The SMILES string of the molecule is COC(=O)N[C@H](C(=O)N1CCC[C@H]1c1nc(-c2ccc(-c3nnc(-c4ccc(-c5c[nH]c([C@@H]6CCCN6C(=O)C(OC(N)=O)C(C)C)n5)cc4)n3-c3ccc(C4CCCCC4)cc3)cc2)c[nH]1)C(C)C. The lowest BCUT2D eigenvalue weighted by molar-refractivity contribution is -0.143. The summed E-state index contributed by atoms with van der Waals surface area (Å²) in [7, 11) is 1.29. The molecule has 9 rings (SSSR count). The fraction of sp³-hybridized carbons (Fsp3) is 0.434. The predicted molar refractivity (Wildman–Crippen MR) is 264 cm³/mol. The van der Waals surface area contributed by atoms with Crippen LogP contribution in [0, 0.1) is 11.8 Å². The largest absolute Gasteiger partial charge is 0.453 e. The molecule has 5 N–H and O–H groups in total. The molecule has 3 aromatic carbocycles. The minimum Gasteiger partial charge on any atom is -0.453 e. The average molecular weight is 950 g/mol. The number of rotatable bonds is 14. The summed E-state index contributed by atoms with van der Waals surface area (Å²) >= 11 is 0. The highest BCUT2D eigenvalue weighted by Crippen LogP contribution is 2.38. The van der Waals surface area contributed by atoms with Gasteiger partial charge in [-0.2, -0.15) is 0 Å². The summed E-state index contributed by atoms with van der Waals surface area (Å²) in [5.41, 5.74) is 12.7. The molecule has 17 heteroatoms. The van der Waals surface area contributed by atoms with Gasteiger partial charge in [0.2, 0.25) is 5.91 Å². The van der Waals surface area contributed by atoms with Crippen molar-refractivity contribution in [2.24, 2.45) is 17.6 Å². The lowest BCUT2D eigenvalue weighted by Crippen LogP contribution is -2.51. The van der Waals surface area contributed by atoms with Crippen LogP contribution in [-0.4, -0.2) is 101 Å². The van der Waals surface area contributed by atoms with E-state index in [1.165, 1.54) is 44.8 Å². The number of H-pyrrole nitrogens is 2. The summed E-state index contributed by atoms with van der Waals surface area (Å²) < 4.78 is 12.1. The number of primary amides is 1. The number of hydrogen-bond acceptors (Lipinski definition) is 10. The number of carbonyl (C=O) groups excluding carboxylic acids is 4. The Morgan fingerprint density at radius 3 is 1.61 bits per heavy atom. The maximum atomic E-state index is 13.8. The number of amides is 4. The van der Waals surface area contributed by atoms with Crippen molar-refractivity contribution in [1.82, 2.24) is 49.8 Å². The first-order valence-corrected chi connectivity index (χ1v) is 24.7. The summed E-state index contributed by atoms with van der Waals surface area (Å²) in [5.74, 6) is 2.52. The number of methoxy groups -OCH3 is 1. The van der Waals surface area contributed by atoms with E-state index < -0.39 is 24.3 Å². The predicted octanol–water partition coefficient (Wildman–Crippen LogP) is 9.26. The van der Waals surface area contributed by atoms with Gasteiger partial charge in [-0.05, 0) is 74.0 Å². The number of imidazole rings is 2. The number of likely N-dealkylation sites (tertiary alicyclic amines) is 2. The second-order valence-electron chi connectivity index (χ2n) is 19.4. The minimum absolute atomic E-state index is 0.128. The smallest absolute Gasteiger partial charge is 0.407 e.